The first kappa shape index (κ1) is 18.6. The number of esters is 1. The molecule has 8 heteroatoms. The number of hydrogen-bond donors (Lipinski definition) is 1. The number of thiophene rings is 1. The molecule has 1 atom stereocenters. The molecule has 0 saturated carbocycles. The van der Waals surface area contributed by atoms with Crippen molar-refractivity contribution in [1.29, 1.82) is 0 Å². The van der Waals surface area contributed by atoms with Gasteiger partial charge in [-0.2, -0.15) is 0 Å². The number of amides is 1. The van der Waals surface area contributed by atoms with Crippen LogP contribution in [0.4, 0.5) is 5.69 Å². The van der Waals surface area contributed by atoms with Crippen molar-refractivity contribution in [3.63, 3.8) is 0 Å². The predicted molar refractivity (Wildman–Crippen MR) is 93.3 cm³/mol. The van der Waals surface area contributed by atoms with Crippen LogP contribution < -0.4 is 5.32 Å². The fourth-order valence-electron chi connectivity index (χ4n) is 2.08. The molecule has 1 aromatic carbocycles. The highest BCUT2D eigenvalue weighted by Crippen LogP contribution is 2.14. The van der Waals surface area contributed by atoms with Crippen LogP contribution in [-0.4, -0.2) is 22.8 Å². The average Bonchev–Trinajstić information content (AvgIpc) is 3.12. The molecule has 1 amide bonds. The van der Waals surface area contributed by atoms with Crippen molar-refractivity contribution in [3.8, 4) is 0 Å². The number of ether oxygens (including phenoxy) is 1. The molecule has 0 aliphatic carbocycles. The summed E-state index contributed by atoms with van der Waals surface area (Å²) in [5.41, 5.74) is 0.601. The molecule has 0 spiro atoms. The first-order chi connectivity index (χ1) is 11.9. The van der Waals surface area contributed by atoms with Gasteiger partial charge in [0.05, 0.1) is 9.80 Å². The summed E-state index contributed by atoms with van der Waals surface area (Å²) >= 11 is 1.29. The summed E-state index contributed by atoms with van der Waals surface area (Å²) in [5.74, 6) is -1.01. The lowest BCUT2D eigenvalue weighted by Gasteiger charge is -2.20. The highest BCUT2D eigenvalue weighted by Gasteiger charge is 2.26. The minimum Gasteiger partial charge on any atom is -0.459 e. The number of carbonyl (C=O) groups is 2. The van der Waals surface area contributed by atoms with Gasteiger partial charge < -0.3 is 10.1 Å². The van der Waals surface area contributed by atoms with E-state index in [0.29, 0.717) is 10.4 Å². The van der Waals surface area contributed by atoms with Gasteiger partial charge in [-0.05, 0) is 35.1 Å². The van der Waals surface area contributed by atoms with Gasteiger partial charge in [0.1, 0.15) is 12.6 Å². The largest absolute Gasteiger partial charge is 0.459 e. The molecule has 1 heterocycles. The maximum Gasteiger partial charge on any atom is 0.329 e. The number of hydrogen-bond acceptors (Lipinski definition) is 6. The van der Waals surface area contributed by atoms with E-state index in [-0.39, 0.29) is 24.1 Å². The molecule has 0 aliphatic rings. The molecule has 0 bridgehead atoms. The second kappa shape index (κ2) is 8.39. The van der Waals surface area contributed by atoms with Gasteiger partial charge in [0, 0.05) is 12.1 Å². The third kappa shape index (κ3) is 5.12. The van der Waals surface area contributed by atoms with Gasteiger partial charge in [0.25, 0.3) is 11.6 Å². The average molecular weight is 362 g/mol. The summed E-state index contributed by atoms with van der Waals surface area (Å²) < 4.78 is 5.25. The van der Waals surface area contributed by atoms with Crippen molar-refractivity contribution in [2.24, 2.45) is 5.92 Å². The Balaban J connectivity index is 1.95. The van der Waals surface area contributed by atoms with Crippen LogP contribution in [0.25, 0.3) is 0 Å². The van der Waals surface area contributed by atoms with Crippen LogP contribution in [0.1, 0.15) is 29.1 Å². The number of benzene rings is 1. The second-order valence-electron chi connectivity index (χ2n) is 5.70. The monoisotopic (exact) mass is 362 g/mol. The van der Waals surface area contributed by atoms with Crippen molar-refractivity contribution in [1.82, 2.24) is 5.32 Å². The molecule has 0 fully saturated rings. The van der Waals surface area contributed by atoms with Crippen molar-refractivity contribution in [2.45, 2.75) is 26.5 Å². The molecule has 2 aromatic rings. The third-order valence-corrected chi connectivity index (χ3v) is 4.35. The molecule has 1 unspecified atom stereocenters. The summed E-state index contributed by atoms with van der Waals surface area (Å²) in [5, 5.41) is 15.1. The van der Waals surface area contributed by atoms with Crippen LogP contribution in [0, 0.1) is 16.0 Å². The van der Waals surface area contributed by atoms with Crippen LogP contribution in [0.3, 0.4) is 0 Å². The first-order valence-corrected chi connectivity index (χ1v) is 8.50. The van der Waals surface area contributed by atoms with E-state index in [0.717, 1.165) is 0 Å². The number of nitrogens with one attached hydrogen (secondary N) is 1. The third-order valence-electron chi connectivity index (χ3n) is 3.48. The zero-order valence-electron chi connectivity index (χ0n) is 13.8. The van der Waals surface area contributed by atoms with Crippen molar-refractivity contribution < 1.29 is 19.2 Å². The predicted octanol–water partition coefficient (Wildman–Crippen LogP) is 3.15. The Morgan fingerprint density at radius 2 is 1.92 bits per heavy atom. The van der Waals surface area contributed by atoms with E-state index in [1.165, 1.54) is 35.6 Å². The lowest BCUT2D eigenvalue weighted by Crippen LogP contribution is -2.45. The fraction of sp³-hybridized carbons (Fsp3) is 0.294. The normalized spacial score (nSPS) is 11.8. The van der Waals surface area contributed by atoms with Crippen molar-refractivity contribution in [3.05, 3.63) is 62.3 Å². The smallest absolute Gasteiger partial charge is 0.329 e. The second-order valence-corrected chi connectivity index (χ2v) is 6.65. The van der Waals surface area contributed by atoms with Crippen LogP contribution in [0.5, 0.6) is 0 Å². The molecule has 132 valence electrons. The summed E-state index contributed by atoms with van der Waals surface area (Å²) in [6, 6.07) is 8.42. The maximum atomic E-state index is 12.3. The first-order valence-electron chi connectivity index (χ1n) is 7.63. The lowest BCUT2D eigenvalue weighted by molar-refractivity contribution is -0.384. The summed E-state index contributed by atoms with van der Waals surface area (Å²) in [6.07, 6.45) is 0. The van der Waals surface area contributed by atoms with Gasteiger partial charge in [-0.1, -0.05) is 19.9 Å². The Hall–Kier alpha value is -2.74. The minimum absolute atomic E-state index is 0.0189. The van der Waals surface area contributed by atoms with Crippen LogP contribution in [-0.2, 0) is 16.1 Å². The summed E-state index contributed by atoms with van der Waals surface area (Å²) in [4.78, 5) is 35.1. The summed E-state index contributed by atoms with van der Waals surface area (Å²) in [7, 11) is 0. The van der Waals surface area contributed by atoms with Gasteiger partial charge in [0.2, 0.25) is 0 Å². The Morgan fingerprint density at radius 3 is 2.44 bits per heavy atom. The zero-order valence-corrected chi connectivity index (χ0v) is 14.6. The fourth-order valence-corrected chi connectivity index (χ4v) is 2.70. The number of nitrogens with zero attached hydrogens (tertiary/aromatic N) is 1. The van der Waals surface area contributed by atoms with Gasteiger partial charge in [0.15, 0.2) is 0 Å². The van der Waals surface area contributed by atoms with E-state index in [1.807, 2.05) is 13.8 Å². The number of non-ortho nitro benzene ring substituents is 1. The molecule has 1 aromatic heterocycles. The van der Waals surface area contributed by atoms with Gasteiger partial charge in [-0.15, -0.1) is 11.3 Å². The van der Waals surface area contributed by atoms with Crippen LogP contribution in [0.2, 0.25) is 0 Å². The minimum atomic E-state index is -0.771. The molecule has 0 aliphatic heterocycles. The van der Waals surface area contributed by atoms with Gasteiger partial charge in [-0.25, -0.2) is 4.79 Å². The summed E-state index contributed by atoms with van der Waals surface area (Å²) in [6.45, 7) is 3.61. The molecule has 2 rings (SSSR count). The number of rotatable bonds is 7. The van der Waals surface area contributed by atoms with E-state index in [2.05, 4.69) is 5.32 Å². The molecule has 7 nitrogen and oxygen atoms in total. The molecule has 0 saturated heterocycles. The van der Waals surface area contributed by atoms with Gasteiger partial charge in [-0.3, -0.25) is 14.9 Å². The highest BCUT2D eigenvalue weighted by atomic mass is 32.1. The van der Waals surface area contributed by atoms with E-state index >= 15 is 0 Å². The number of nitro benzene ring substituents is 1. The Morgan fingerprint density at radius 1 is 1.24 bits per heavy atom. The van der Waals surface area contributed by atoms with Crippen molar-refractivity contribution in [2.75, 3.05) is 0 Å². The zero-order chi connectivity index (χ0) is 18.4. The maximum absolute atomic E-state index is 12.3. The standard InChI is InChI=1S/C17H18N2O5S/c1-11(2)15(18-16(20)14-4-3-9-25-14)17(21)24-10-12-5-7-13(8-6-12)19(22)23/h3-9,11,15H,10H2,1-2H3,(H,18,20). The van der Waals surface area contributed by atoms with Crippen LogP contribution in [0.15, 0.2) is 41.8 Å². The molecular formula is C17H18N2O5S. The van der Waals surface area contributed by atoms with E-state index in [4.69, 9.17) is 4.74 Å². The van der Waals surface area contributed by atoms with E-state index < -0.39 is 16.9 Å². The van der Waals surface area contributed by atoms with Gasteiger partial charge >= 0.3 is 5.97 Å². The molecule has 25 heavy (non-hydrogen) atoms. The Kier molecular flexibility index (Phi) is 6.24. The van der Waals surface area contributed by atoms with Crippen LogP contribution >= 0.6 is 11.3 Å². The van der Waals surface area contributed by atoms with E-state index in [1.54, 1.807) is 17.5 Å². The number of carbonyl (C=O) groups excluding carboxylic acids is 2. The molecular weight excluding hydrogens is 344 g/mol. The lowest BCUT2D eigenvalue weighted by atomic mass is 10.0. The SMILES string of the molecule is CC(C)C(NC(=O)c1cccs1)C(=O)OCc1ccc([N+](=O)[O-])cc1. The highest BCUT2D eigenvalue weighted by molar-refractivity contribution is 7.12. The number of nitro groups is 1. The topological polar surface area (TPSA) is 98.5 Å². The quantitative estimate of drug-likeness (QED) is 0.463. The van der Waals surface area contributed by atoms with Crippen molar-refractivity contribution >= 4 is 28.9 Å². The Labute approximate surface area is 148 Å². The van der Waals surface area contributed by atoms with E-state index in [9.17, 15) is 19.7 Å². The molecule has 1 N–H and O–H groups in total. The molecule has 0 radical (unpaired) electrons. The Bertz CT molecular complexity index is 741.